The fourth-order valence-corrected chi connectivity index (χ4v) is 6.65. The predicted molar refractivity (Wildman–Crippen MR) is 180 cm³/mol. The number of hydrogen-bond acceptors (Lipinski definition) is 10. The molecule has 0 unspecified atom stereocenters. The molecule has 0 aliphatic carbocycles. The van der Waals surface area contributed by atoms with Gasteiger partial charge in [0, 0.05) is 37.4 Å². The average Bonchev–Trinajstić information content (AvgIpc) is 2.91. The molecule has 0 atom stereocenters. The number of benzene rings is 2. The Morgan fingerprint density at radius 3 is 1.36 bits per heavy atom. The van der Waals surface area contributed by atoms with Crippen molar-refractivity contribution >= 4 is 67.5 Å². The molecule has 44 heavy (non-hydrogen) atoms. The third-order valence-electron chi connectivity index (χ3n) is 6.74. The number of anilines is 4. The van der Waals surface area contributed by atoms with Crippen LogP contribution in [0.5, 0.6) is 0 Å². The number of amides is 2. The molecule has 2 aromatic carbocycles. The van der Waals surface area contributed by atoms with Crippen LogP contribution in [0.1, 0.15) is 13.8 Å². The predicted octanol–water partition coefficient (Wildman–Crippen LogP) is 4.48. The van der Waals surface area contributed by atoms with Crippen LogP contribution in [-0.4, -0.2) is 110 Å². The molecule has 2 amide bonds. The van der Waals surface area contributed by atoms with Gasteiger partial charge in [0.15, 0.2) is 0 Å². The number of rotatable bonds is 19. The van der Waals surface area contributed by atoms with Crippen LogP contribution in [0.2, 0.25) is 0 Å². The van der Waals surface area contributed by atoms with Gasteiger partial charge in [0.2, 0.25) is 11.8 Å². The molecule has 0 aliphatic rings. The van der Waals surface area contributed by atoms with Crippen molar-refractivity contribution in [3.63, 3.8) is 0 Å². The lowest BCUT2D eigenvalue weighted by molar-refractivity contribution is -0.886. The van der Waals surface area contributed by atoms with Gasteiger partial charge in [-0.2, -0.15) is 0 Å². The molecule has 0 aliphatic heterocycles. The number of likely N-dealkylation sites (N-methyl/N-ethyl adjacent to an activating group) is 2. The van der Waals surface area contributed by atoms with E-state index in [4.69, 9.17) is 0 Å². The van der Waals surface area contributed by atoms with E-state index in [2.05, 4.69) is 49.5 Å². The molecular formula is C28H44N8O6S2+2. The summed E-state index contributed by atoms with van der Waals surface area (Å²) < 4.78 is 1.51. The first-order chi connectivity index (χ1) is 20.6. The number of hydrogen-bond donors (Lipinski definition) is 4. The van der Waals surface area contributed by atoms with E-state index in [0.29, 0.717) is 35.8 Å². The SMILES string of the molecule is CC(=O)Nc1ccc(NCC[N+](C)(C)CCSSCC[N+](C)(C)CCNc2ccc(NC(C)=O)cc2[N+](=O)[O-])c([N+](=O)[O-])c1. The molecule has 0 saturated heterocycles. The summed E-state index contributed by atoms with van der Waals surface area (Å²) in [6.07, 6.45) is 0. The molecular weight excluding hydrogens is 608 g/mol. The number of nitrogens with one attached hydrogen (secondary N) is 4. The minimum atomic E-state index is -0.459. The molecule has 0 bridgehead atoms. The van der Waals surface area contributed by atoms with Crippen molar-refractivity contribution in [3.8, 4) is 0 Å². The first kappa shape index (κ1) is 36.6. The van der Waals surface area contributed by atoms with Crippen molar-refractivity contribution < 1.29 is 28.4 Å². The van der Waals surface area contributed by atoms with Crippen LogP contribution in [0.3, 0.4) is 0 Å². The van der Waals surface area contributed by atoms with E-state index in [1.807, 2.05) is 21.6 Å². The first-order valence-electron chi connectivity index (χ1n) is 14.1. The molecule has 2 aromatic rings. The summed E-state index contributed by atoms with van der Waals surface area (Å²) in [4.78, 5) is 44.6. The number of nitrogens with zero attached hydrogens (tertiary/aromatic N) is 4. The zero-order chi connectivity index (χ0) is 32.9. The Morgan fingerprint density at radius 2 is 1.05 bits per heavy atom. The van der Waals surface area contributed by atoms with Crippen LogP contribution in [-0.2, 0) is 9.59 Å². The van der Waals surface area contributed by atoms with Crippen molar-refractivity contribution in [1.82, 2.24) is 0 Å². The number of quaternary nitrogens is 2. The molecule has 14 nitrogen and oxygen atoms in total. The van der Waals surface area contributed by atoms with E-state index in [1.165, 1.54) is 26.0 Å². The second-order valence-corrected chi connectivity index (χ2v) is 14.3. The van der Waals surface area contributed by atoms with Gasteiger partial charge in [0.1, 0.15) is 11.4 Å². The Hall–Kier alpha value is -3.60. The average molecular weight is 653 g/mol. The number of nitro benzene ring substituents is 2. The highest BCUT2D eigenvalue weighted by Crippen LogP contribution is 2.29. The fourth-order valence-electron chi connectivity index (χ4n) is 4.12. The second-order valence-electron chi connectivity index (χ2n) is 11.6. The normalized spacial score (nSPS) is 11.5. The summed E-state index contributed by atoms with van der Waals surface area (Å²) in [5, 5.41) is 34.5. The van der Waals surface area contributed by atoms with Crippen molar-refractivity contribution in [2.75, 3.05) is 100 Å². The van der Waals surface area contributed by atoms with Gasteiger partial charge < -0.3 is 30.2 Å². The lowest BCUT2D eigenvalue weighted by atomic mass is 10.2. The van der Waals surface area contributed by atoms with Gasteiger partial charge in [-0.05, 0) is 24.3 Å². The molecule has 16 heteroatoms. The van der Waals surface area contributed by atoms with Crippen molar-refractivity contribution in [2.45, 2.75) is 13.8 Å². The number of nitro groups is 2. The van der Waals surface area contributed by atoms with Crippen LogP contribution in [0.15, 0.2) is 36.4 Å². The maximum Gasteiger partial charge on any atom is 0.294 e. The Labute approximate surface area is 266 Å². The topological polar surface area (TPSA) is 169 Å². The lowest BCUT2D eigenvalue weighted by Crippen LogP contribution is -2.45. The summed E-state index contributed by atoms with van der Waals surface area (Å²) in [6, 6.07) is 9.22. The molecule has 0 saturated carbocycles. The van der Waals surface area contributed by atoms with E-state index < -0.39 is 9.85 Å². The summed E-state index contributed by atoms with van der Waals surface area (Å²) in [6.45, 7) is 7.26. The largest absolute Gasteiger partial charge is 0.374 e. The van der Waals surface area contributed by atoms with Crippen LogP contribution in [0.4, 0.5) is 34.1 Å². The summed E-state index contributed by atoms with van der Waals surface area (Å²) in [5.41, 5.74) is 1.45. The molecule has 0 aromatic heterocycles. The van der Waals surface area contributed by atoms with Gasteiger partial charge in [0.05, 0.1) is 88.8 Å². The molecule has 4 N–H and O–H groups in total. The second kappa shape index (κ2) is 17.0. The quantitative estimate of drug-likeness (QED) is 0.0558. The standard InChI is InChI=1S/C28H42N8O6S2/c1-21(37)31-23-7-9-25(27(19-23)33(39)40)29-11-13-35(3,4)15-17-43-44-18-16-36(5,6)14-12-30-26-10-8-24(32-22(2)38)20-28(26)34(41)42/h7-10,19-20,29-30H,11-18H2,1-6H3/p+2. The zero-order valence-electron chi connectivity index (χ0n) is 26.2. The Morgan fingerprint density at radius 1 is 0.682 bits per heavy atom. The Balaban J connectivity index is 1.69. The van der Waals surface area contributed by atoms with Gasteiger partial charge in [-0.25, -0.2) is 0 Å². The maximum absolute atomic E-state index is 11.5. The van der Waals surface area contributed by atoms with Crippen molar-refractivity contribution in [2.24, 2.45) is 0 Å². The van der Waals surface area contributed by atoms with E-state index in [-0.39, 0.29) is 23.2 Å². The van der Waals surface area contributed by atoms with Crippen LogP contribution in [0.25, 0.3) is 0 Å². The highest BCUT2D eigenvalue weighted by molar-refractivity contribution is 8.76. The van der Waals surface area contributed by atoms with Gasteiger partial charge >= 0.3 is 0 Å². The van der Waals surface area contributed by atoms with Crippen LogP contribution < -0.4 is 21.3 Å². The maximum atomic E-state index is 11.5. The fraction of sp³-hybridized carbons (Fsp3) is 0.500. The molecule has 0 heterocycles. The number of carbonyl (C=O) groups excluding carboxylic acids is 2. The molecule has 2 rings (SSSR count). The van der Waals surface area contributed by atoms with Gasteiger partial charge in [0.25, 0.3) is 11.4 Å². The van der Waals surface area contributed by atoms with E-state index in [9.17, 15) is 29.8 Å². The third-order valence-corrected chi connectivity index (χ3v) is 9.10. The van der Waals surface area contributed by atoms with Crippen molar-refractivity contribution in [3.05, 3.63) is 56.6 Å². The van der Waals surface area contributed by atoms with Gasteiger partial charge in [-0.3, -0.25) is 29.8 Å². The summed E-state index contributed by atoms with van der Waals surface area (Å²) >= 11 is 0. The molecule has 242 valence electrons. The van der Waals surface area contributed by atoms with E-state index in [0.717, 1.165) is 46.7 Å². The Bertz CT molecular complexity index is 1230. The Kier molecular flexibility index (Phi) is 14.2. The minimum absolute atomic E-state index is 0.0794. The smallest absolute Gasteiger partial charge is 0.294 e. The highest BCUT2D eigenvalue weighted by Gasteiger charge is 2.20. The van der Waals surface area contributed by atoms with E-state index in [1.54, 1.807) is 24.3 Å². The monoisotopic (exact) mass is 652 g/mol. The molecule has 0 fully saturated rings. The van der Waals surface area contributed by atoms with Crippen LogP contribution >= 0.6 is 21.6 Å². The molecule has 0 radical (unpaired) electrons. The van der Waals surface area contributed by atoms with Crippen LogP contribution in [0, 0.1) is 20.2 Å². The lowest BCUT2D eigenvalue weighted by Gasteiger charge is -2.30. The summed E-state index contributed by atoms with van der Waals surface area (Å²) in [5.74, 6) is 1.34. The van der Waals surface area contributed by atoms with Gasteiger partial charge in [-0.15, -0.1) is 0 Å². The van der Waals surface area contributed by atoms with E-state index >= 15 is 0 Å². The summed E-state index contributed by atoms with van der Waals surface area (Å²) in [7, 11) is 12.2. The number of carbonyl (C=O) groups is 2. The van der Waals surface area contributed by atoms with Crippen molar-refractivity contribution in [1.29, 1.82) is 0 Å². The third kappa shape index (κ3) is 13.4. The minimum Gasteiger partial charge on any atom is -0.374 e. The molecule has 0 spiro atoms. The van der Waals surface area contributed by atoms with Gasteiger partial charge in [-0.1, -0.05) is 21.6 Å². The highest BCUT2D eigenvalue weighted by atomic mass is 33.1. The first-order valence-corrected chi connectivity index (χ1v) is 16.6. The zero-order valence-corrected chi connectivity index (χ0v) is 27.8.